The average molecular weight is 446 g/mol. The van der Waals surface area contributed by atoms with Gasteiger partial charge in [-0.15, -0.1) is 0 Å². The Bertz CT molecular complexity index is 1000. The Balaban J connectivity index is 2.10. The predicted octanol–water partition coefficient (Wildman–Crippen LogP) is 3.54. The lowest BCUT2D eigenvalue weighted by Gasteiger charge is -2.22. The number of fused-ring (bicyclic) bond motifs is 1. The molecule has 3 aromatic rings. The minimum absolute atomic E-state index is 0.198. The molecule has 0 bridgehead atoms. The summed E-state index contributed by atoms with van der Waals surface area (Å²) in [5, 5.41) is 0.562. The first-order chi connectivity index (χ1) is 14.9. The fourth-order valence-corrected chi connectivity index (χ4v) is 4.16. The monoisotopic (exact) mass is 445 g/mol. The van der Waals surface area contributed by atoms with Crippen LogP contribution in [-0.4, -0.2) is 71.4 Å². The third-order valence-corrected chi connectivity index (χ3v) is 5.84. The Labute approximate surface area is 185 Å². The maximum absolute atomic E-state index is 13.6. The Morgan fingerprint density at radius 3 is 2.06 bits per heavy atom. The number of hydrogen-bond donors (Lipinski definition) is 0. The second kappa shape index (κ2) is 9.84. The minimum atomic E-state index is -0.198. The molecule has 8 nitrogen and oxygen atoms in total. The Morgan fingerprint density at radius 1 is 0.903 bits per heavy atom. The second-order valence-corrected chi connectivity index (χ2v) is 7.98. The van der Waals surface area contributed by atoms with Crippen molar-refractivity contribution < 1.29 is 23.7 Å². The molecule has 2 aromatic carbocycles. The van der Waals surface area contributed by atoms with Crippen LogP contribution in [-0.2, 0) is 0 Å². The molecule has 0 saturated heterocycles. The Morgan fingerprint density at radius 2 is 1.52 bits per heavy atom. The quantitative estimate of drug-likeness (QED) is 0.499. The van der Waals surface area contributed by atoms with Gasteiger partial charge >= 0.3 is 0 Å². The summed E-state index contributed by atoms with van der Waals surface area (Å²) in [7, 11) is 10.2. The van der Waals surface area contributed by atoms with Gasteiger partial charge in [0.25, 0.3) is 5.91 Å². The molecule has 0 aliphatic rings. The molecule has 166 valence electrons. The van der Waals surface area contributed by atoms with Crippen molar-refractivity contribution in [2.75, 3.05) is 60.5 Å². The molecule has 1 heterocycles. The number of carbonyl (C=O) groups is 1. The van der Waals surface area contributed by atoms with Gasteiger partial charge in [0.1, 0.15) is 33.2 Å². The molecule has 3 rings (SSSR count). The standard InChI is InChI=1S/C22H27N3O5S/c1-24(2)9-10-25(21(26)14-11-15(27-3)13-16(12-14)28-4)22-23-19-17(29-5)7-8-18(30-6)20(19)31-22/h7-8,11-13H,9-10H2,1-6H3. The van der Waals surface area contributed by atoms with Crippen molar-refractivity contribution in [1.29, 1.82) is 0 Å². The number of amides is 1. The van der Waals surface area contributed by atoms with Gasteiger partial charge in [-0.25, -0.2) is 4.98 Å². The van der Waals surface area contributed by atoms with Gasteiger partial charge in [0.2, 0.25) is 0 Å². The Kier molecular flexibility index (Phi) is 7.19. The van der Waals surface area contributed by atoms with Crippen molar-refractivity contribution in [2.24, 2.45) is 0 Å². The number of nitrogens with zero attached hydrogens (tertiary/aromatic N) is 3. The zero-order chi connectivity index (χ0) is 22.5. The number of anilines is 1. The van der Waals surface area contributed by atoms with E-state index < -0.39 is 0 Å². The van der Waals surface area contributed by atoms with Gasteiger partial charge in [0.15, 0.2) is 5.13 Å². The smallest absolute Gasteiger partial charge is 0.260 e. The average Bonchev–Trinajstić information content (AvgIpc) is 3.22. The molecular formula is C22H27N3O5S. The van der Waals surface area contributed by atoms with E-state index in [0.29, 0.717) is 52.3 Å². The summed E-state index contributed by atoms with van der Waals surface area (Å²) < 4.78 is 22.5. The highest BCUT2D eigenvalue weighted by atomic mass is 32.1. The molecule has 0 spiro atoms. The first-order valence-corrected chi connectivity index (χ1v) is 10.4. The van der Waals surface area contributed by atoms with Crippen molar-refractivity contribution in [3.63, 3.8) is 0 Å². The lowest BCUT2D eigenvalue weighted by molar-refractivity contribution is 0.0984. The molecule has 0 atom stereocenters. The molecule has 0 radical (unpaired) electrons. The molecule has 1 aromatic heterocycles. The fourth-order valence-electron chi connectivity index (χ4n) is 3.06. The number of methoxy groups -OCH3 is 4. The maximum Gasteiger partial charge on any atom is 0.260 e. The number of hydrogen-bond acceptors (Lipinski definition) is 8. The molecule has 0 N–H and O–H groups in total. The molecule has 31 heavy (non-hydrogen) atoms. The van der Waals surface area contributed by atoms with Crippen LogP contribution >= 0.6 is 11.3 Å². The van der Waals surface area contributed by atoms with Crippen molar-refractivity contribution in [2.45, 2.75) is 0 Å². The van der Waals surface area contributed by atoms with Crippen molar-refractivity contribution in [3.05, 3.63) is 35.9 Å². The van der Waals surface area contributed by atoms with Crippen LogP contribution in [0, 0.1) is 0 Å². The number of rotatable bonds is 9. The van der Waals surface area contributed by atoms with E-state index in [4.69, 9.17) is 23.9 Å². The van der Waals surface area contributed by atoms with Crippen molar-refractivity contribution in [1.82, 2.24) is 9.88 Å². The van der Waals surface area contributed by atoms with Gasteiger partial charge in [-0.1, -0.05) is 11.3 Å². The van der Waals surface area contributed by atoms with Gasteiger partial charge in [0, 0.05) is 24.7 Å². The molecule has 0 fully saturated rings. The highest BCUT2D eigenvalue weighted by molar-refractivity contribution is 7.22. The molecule has 0 saturated carbocycles. The van der Waals surface area contributed by atoms with E-state index in [0.717, 1.165) is 4.70 Å². The van der Waals surface area contributed by atoms with E-state index in [-0.39, 0.29) is 5.91 Å². The van der Waals surface area contributed by atoms with E-state index in [9.17, 15) is 4.79 Å². The number of likely N-dealkylation sites (N-methyl/N-ethyl adjacent to an activating group) is 1. The highest BCUT2D eigenvalue weighted by Crippen LogP contribution is 2.40. The molecule has 0 aliphatic carbocycles. The number of carbonyl (C=O) groups excluding carboxylic acids is 1. The van der Waals surface area contributed by atoms with Crippen LogP contribution < -0.4 is 23.8 Å². The first-order valence-electron chi connectivity index (χ1n) is 9.63. The van der Waals surface area contributed by atoms with E-state index in [1.165, 1.54) is 11.3 Å². The third-order valence-electron chi connectivity index (χ3n) is 4.74. The summed E-state index contributed by atoms with van der Waals surface area (Å²) in [5.41, 5.74) is 1.11. The van der Waals surface area contributed by atoms with Crippen LogP contribution in [0.1, 0.15) is 10.4 Å². The summed E-state index contributed by atoms with van der Waals surface area (Å²) in [6.45, 7) is 1.12. The first kappa shape index (κ1) is 22.6. The van der Waals surface area contributed by atoms with E-state index in [1.807, 2.05) is 31.1 Å². The molecule has 9 heteroatoms. The van der Waals surface area contributed by atoms with Gasteiger partial charge < -0.3 is 23.8 Å². The van der Waals surface area contributed by atoms with Crippen LogP contribution in [0.3, 0.4) is 0 Å². The van der Waals surface area contributed by atoms with Crippen LogP contribution in [0.25, 0.3) is 10.2 Å². The third kappa shape index (κ3) is 4.83. The second-order valence-electron chi connectivity index (χ2n) is 7.01. The normalized spacial score (nSPS) is 10.9. The summed E-state index contributed by atoms with van der Waals surface area (Å²) in [5.74, 6) is 2.20. The topological polar surface area (TPSA) is 73.4 Å². The van der Waals surface area contributed by atoms with Crippen LogP contribution in [0.15, 0.2) is 30.3 Å². The maximum atomic E-state index is 13.6. The largest absolute Gasteiger partial charge is 0.497 e. The summed E-state index contributed by atoms with van der Waals surface area (Å²) in [6, 6.07) is 8.77. The molecular weight excluding hydrogens is 418 g/mol. The van der Waals surface area contributed by atoms with Crippen molar-refractivity contribution >= 4 is 32.6 Å². The Hall–Kier alpha value is -3.04. The number of benzene rings is 2. The zero-order valence-corrected chi connectivity index (χ0v) is 19.4. The van der Waals surface area contributed by atoms with Crippen LogP contribution in [0.4, 0.5) is 5.13 Å². The molecule has 0 unspecified atom stereocenters. The highest BCUT2D eigenvalue weighted by Gasteiger charge is 2.24. The van der Waals surface area contributed by atoms with E-state index in [1.54, 1.807) is 51.5 Å². The van der Waals surface area contributed by atoms with Crippen LogP contribution in [0.2, 0.25) is 0 Å². The van der Waals surface area contributed by atoms with Gasteiger partial charge in [-0.3, -0.25) is 9.69 Å². The molecule has 0 aliphatic heterocycles. The lowest BCUT2D eigenvalue weighted by atomic mass is 10.1. The number of ether oxygens (including phenoxy) is 4. The summed E-state index contributed by atoms with van der Waals surface area (Å²) in [4.78, 5) is 22.0. The van der Waals surface area contributed by atoms with Gasteiger partial charge in [-0.2, -0.15) is 0 Å². The summed E-state index contributed by atoms with van der Waals surface area (Å²) >= 11 is 1.39. The van der Waals surface area contributed by atoms with E-state index in [2.05, 4.69) is 0 Å². The zero-order valence-electron chi connectivity index (χ0n) is 18.6. The predicted molar refractivity (Wildman–Crippen MR) is 123 cm³/mol. The minimum Gasteiger partial charge on any atom is -0.497 e. The number of aromatic nitrogens is 1. The van der Waals surface area contributed by atoms with Gasteiger partial charge in [-0.05, 0) is 38.4 Å². The van der Waals surface area contributed by atoms with Gasteiger partial charge in [0.05, 0.1) is 28.4 Å². The van der Waals surface area contributed by atoms with E-state index >= 15 is 0 Å². The SMILES string of the molecule is COc1cc(OC)cc(C(=O)N(CCN(C)C)c2nc3c(OC)ccc(OC)c3s2)c1. The lowest BCUT2D eigenvalue weighted by Crippen LogP contribution is -2.36. The fraction of sp³-hybridized carbons (Fsp3) is 0.364. The molecule has 1 amide bonds. The van der Waals surface area contributed by atoms with Crippen molar-refractivity contribution in [3.8, 4) is 23.0 Å². The number of thiazole rings is 1. The van der Waals surface area contributed by atoms with Crippen LogP contribution in [0.5, 0.6) is 23.0 Å². The summed E-state index contributed by atoms with van der Waals surface area (Å²) in [6.07, 6.45) is 0.